The van der Waals surface area contributed by atoms with E-state index in [1.807, 2.05) is 0 Å². The number of hydrogen-bond acceptors (Lipinski definition) is 5. The van der Waals surface area contributed by atoms with Gasteiger partial charge in [-0.2, -0.15) is 0 Å². The Morgan fingerprint density at radius 2 is 2.24 bits per heavy atom. The van der Waals surface area contributed by atoms with E-state index in [1.54, 1.807) is 0 Å². The first kappa shape index (κ1) is 13.7. The summed E-state index contributed by atoms with van der Waals surface area (Å²) in [5.74, 6) is 0.326. The predicted molar refractivity (Wildman–Crippen MR) is 62.7 cm³/mol. The van der Waals surface area contributed by atoms with Crippen LogP contribution in [0.3, 0.4) is 0 Å². The van der Waals surface area contributed by atoms with E-state index in [1.165, 1.54) is 26.4 Å². The molecular formula is C10H13ClN2O4. The average Bonchev–Trinajstić information content (AvgIpc) is 2.28. The van der Waals surface area contributed by atoms with E-state index in [2.05, 4.69) is 4.98 Å². The van der Waals surface area contributed by atoms with Crippen molar-refractivity contribution >= 4 is 17.3 Å². The van der Waals surface area contributed by atoms with Crippen LogP contribution in [0.1, 0.15) is 5.69 Å². The van der Waals surface area contributed by atoms with Gasteiger partial charge in [0.2, 0.25) is 5.88 Å². The molecule has 0 N–H and O–H groups in total. The van der Waals surface area contributed by atoms with E-state index in [0.29, 0.717) is 18.2 Å². The molecule has 0 fully saturated rings. The van der Waals surface area contributed by atoms with Crippen molar-refractivity contribution in [2.45, 2.75) is 11.8 Å². The quantitative estimate of drug-likeness (QED) is 0.443. The Morgan fingerprint density at radius 3 is 2.76 bits per heavy atom. The summed E-state index contributed by atoms with van der Waals surface area (Å²) in [6.45, 7) is 0.303. The van der Waals surface area contributed by atoms with Gasteiger partial charge in [-0.1, -0.05) is 0 Å². The van der Waals surface area contributed by atoms with E-state index in [-0.39, 0.29) is 17.5 Å². The van der Waals surface area contributed by atoms with Crippen molar-refractivity contribution in [3.63, 3.8) is 0 Å². The number of rotatable bonds is 6. The molecular weight excluding hydrogens is 248 g/mol. The highest BCUT2D eigenvalue weighted by Crippen LogP contribution is 2.22. The number of aromatic nitrogens is 1. The topological polar surface area (TPSA) is 74.5 Å². The summed E-state index contributed by atoms with van der Waals surface area (Å²) in [6, 6.07) is 2.80. The number of pyridine rings is 1. The Morgan fingerprint density at radius 1 is 1.53 bits per heavy atom. The molecule has 1 aromatic heterocycles. The largest absolute Gasteiger partial charge is 0.481 e. The van der Waals surface area contributed by atoms with E-state index in [9.17, 15) is 10.1 Å². The van der Waals surface area contributed by atoms with Gasteiger partial charge in [0, 0.05) is 25.7 Å². The number of halogens is 1. The van der Waals surface area contributed by atoms with Gasteiger partial charge in [-0.05, 0) is 0 Å². The molecule has 1 atom stereocenters. The summed E-state index contributed by atoms with van der Waals surface area (Å²) in [5, 5.41) is 10.4. The fraction of sp³-hybridized carbons (Fsp3) is 0.500. The van der Waals surface area contributed by atoms with Crippen LogP contribution < -0.4 is 4.74 Å². The highest BCUT2D eigenvalue weighted by Gasteiger charge is 2.19. The molecule has 0 amide bonds. The van der Waals surface area contributed by atoms with Gasteiger partial charge in [0.15, 0.2) is 0 Å². The minimum Gasteiger partial charge on any atom is -0.481 e. The first-order valence-corrected chi connectivity index (χ1v) is 5.33. The molecule has 1 aromatic rings. The third kappa shape index (κ3) is 3.83. The van der Waals surface area contributed by atoms with Gasteiger partial charge >= 0.3 is 0 Å². The molecule has 0 saturated heterocycles. The van der Waals surface area contributed by atoms with Crippen molar-refractivity contribution in [3.8, 4) is 5.88 Å². The van der Waals surface area contributed by atoms with E-state index < -0.39 is 4.92 Å². The molecule has 0 spiro atoms. The van der Waals surface area contributed by atoms with Gasteiger partial charge in [-0.3, -0.25) is 10.1 Å². The molecule has 0 aliphatic carbocycles. The lowest BCUT2D eigenvalue weighted by Gasteiger charge is -2.08. The van der Waals surface area contributed by atoms with Crippen LogP contribution in [0.25, 0.3) is 0 Å². The normalized spacial score (nSPS) is 12.2. The van der Waals surface area contributed by atoms with Crippen LogP contribution >= 0.6 is 11.6 Å². The summed E-state index contributed by atoms with van der Waals surface area (Å²) in [5.41, 5.74) is 0.235. The maximum atomic E-state index is 10.8. The van der Waals surface area contributed by atoms with Gasteiger partial charge in [0.25, 0.3) is 5.69 Å². The Kier molecular flexibility index (Phi) is 5.11. The number of alkyl halides is 1. The van der Waals surface area contributed by atoms with Gasteiger partial charge in [-0.15, -0.1) is 11.6 Å². The number of ether oxygens (including phenoxy) is 2. The standard InChI is InChI=1S/C10H13ClN2O4/c1-16-6-7(11)5-8-9(13(14)15)3-4-10(12-8)17-2/h3-4,7H,5-6H2,1-2H3. The molecule has 0 aliphatic rings. The summed E-state index contributed by atoms with van der Waals surface area (Å²) in [7, 11) is 2.97. The number of hydrogen-bond donors (Lipinski definition) is 0. The Hall–Kier alpha value is -1.40. The molecule has 1 rings (SSSR count). The third-order valence-electron chi connectivity index (χ3n) is 2.09. The fourth-order valence-electron chi connectivity index (χ4n) is 1.35. The van der Waals surface area contributed by atoms with Crippen LogP contribution in [0.15, 0.2) is 12.1 Å². The minimum atomic E-state index is -0.488. The fourth-order valence-corrected chi connectivity index (χ4v) is 1.63. The van der Waals surface area contributed by atoms with Gasteiger partial charge in [-0.25, -0.2) is 4.98 Å². The van der Waals surface area contributed by atoms with Crippen LogP contribution in [0, 0.1) is 10.1 Å². The van der Waals surface area contributed by atoms with Crippen molar-refractivity contribution in [2.24, 2.45) is 0 Å². The highest BCUT2D eigenvalue weighted by atomic mass is 35.5. The van der Waals surface area contributed by atoms with Crippen LogP contribution in [-0.4, -0.2) is 36.1 Å². The second kappa shape index (κ2) is 6.36. The number of methoxy groups -OCH3 is 2. The van der Waals surface area contributed by atoms with Crippen LogP contribution in [0.4, 0.5) is 5.69 Å². The molecule has 94 valence electrons. The zero-order valence-electron chi connectivity index (χ0n) is 9.55. The van der Waals surface area contributed by atoms with Crippen LogP contribution in [0.2, 0.25) is 0 Å². The molecule has 0 aromatic carbocycles. The zero-order valence-corrected chi connectivity index (χ0v) is 10.3. The molecule has 0 saturated carbocycles. The SMILES string of the molecule is COCC(Cl)Cc1nc(OC)ccc1[N+](=O)[O-]. The van der Waals surface area contributed by atoms with E-state index >= 15 is 0 Å². The van der Waals surface area contributed by atoms with Crippen molar-refractivity contribution in [2.75, 3.05) is 20.8 Å². The Balaban J connectivity index is 2.96. The molecule has 17 heavy (non-hydrogen) atoms. The van der Waals surface area contributed by atoms with E-state index in [4.69, 9.17) is 21.1 Å². The van der Waals surface area contributed by atoms with Crippen molar-refractivity contribution in [1.82, 2.24) is 4.98 Å². The number of nitro groups is 1. The maximum Gasteiger partial charge on any atom is 0.291 e. The third-order valence-corrected chi connectivity index (χ3v) is 2.37. The monoisotopic (exact) mass is 260 g/mol. The molecule has 7 heteroatoms. The second-order valence-electron chi connectivity index (χ2n) is 3.33. The van der Waals surface area contributed by atoms with Gasteiger partial charge in [0.05, 0.1) is 24.0 Å². The van der Waals surface area contributed by atoms with Gasteiger partial charge in [0.1, 0.15) is 5.69 Å². The van der Waals surface area contributed by atoms with Crippen LogP contribution in [0.5, 0.6) is 5.88 Å². The first-order valence-electron chi connectivity index (χ1n) is 4.89. The van der Waals surface area contributed by atoms with Crippen molar-refractivity contribution < 1.29 is 14.4 Å². The molecule has 1 heterocycles. The molecule has 1 unspecified atom stereocenters. The zero-order chi connectivity index (χ0) is 12.8. The van der Waals surface area contributed by atoms with Gasteiger partial charge < -0.3 is 9.47 Å². The molecule has 0 bridgehead atoms. The molecule has 0 radical (unpaired) electrons. The van der Waals surface area contributed by atoms with E-state index in [0.717, 1.165) is 0 Å². The summed E-state index contributed by atoms with van der Waals surface area (Å²) >= 11 is 5.96. The summed E-state index contributed by atoms with van der Waals surface area (Å²) < 4.78 is 9.79. The smallest absolute Gasteiger partial charge is 0.291 e. The Labute approximate surface area is 104 Å². The molecule has 0 aliphatic heterocycles. The van der Waals surface area contributed by atoms with Crippen molar-refractivity contribution in [3.05, 3.63) is 27.9 Å². The predicted octanol–water partition coefficient (Wildman–Crippen LogP) is 1.79. The summed E-state index contributed by atoms with van der Waals surface area (Å²) in [4.78, 5) is 14.4. The van der Waals surface area contributed by atoms with Crippen LogP contribution in [-0.2, 0) is 11.2 Å². The Bertz CT molecular complexity index is 400. The highest BCUT2D eigenvalue weighted by molar-refractivity contribution is 6.20. The summed E-state index contributed by atoms with van der Waals surface area (Å²) in [6.07, 6.45) is 0.253. The average molecular weight is 261 g/mol. The lowest BCUT2D eigenvalue weighted by molar-refractivity contribution is -0.386. The minimum absolute atomic E-state index is 0.0625. The lowest BCUT2D eigenvalue weighted by Crippen LogP contribution is -2.13. The van der Waals surface area contributed by atoms with Crippen molar-refractivity contribution in [1.29, 1.82) is 0 Å². The molecule has 6 nitrogen and oxygen atoms in total. The second-order valence-corrected chi connectivity index (χ2v) is 3.95. The lowest BCUT2D eigenvalue weighted by atomic mass is 10.2. The maximum absolute atomic E-state index is 10.8. The number of nitrogens with zero attached hydrogens (tertiary/aromatic N) is 2. The first-order chi connectivity index (χ1) is 8.08.